The van der Waals surface area contributed by atoms with Crippen molar-refractivity contribution in [2.45, 2.75) is 32.1 Å². The van der Waals surface area contributed by atoms with Gasteiger partial charge in [-0.05, 0) is 18.9 Å². The number of nitrogens with zero attached hydrogens (tertiary/aromatic N) is 2. The molecule has 0 amide bonds. The Morgan fingerprint density at radius 2 is 2.44 bits per heavy atom. The Balaban J connectivity index is 2.00. The number of carbonyl (C=O) groups is 1. The highest BCUT2D eigenvalue weighted by Crippen LogP contribution is 2.27. The molecule has 18 heavy (non-hydrogen) atoms. The van der Waals surface area contributed by atoms with Crippen LogP contribution in [0.4, 0.5) is 5.82 Å². The molecule has 1 aromatic heterocycles. The van der Waals surface area contributed by atoms with Crippen LogP contribution in [0.5, 0.6) is 0 Å². The molecule has 2 N–H and O–H groups in total. The van der Waals surface area contributed by atoms with Gasteiger partial charge in [-0.15, -0.1) is 0 Å². The van der Waals surface area contributed by atoms with Crippen molar-refractivity contribution in [2.24, 2.45) is 0 Å². The summed E-state index contributed by atoms with van der Waals surface area (Å²) in [5, 5.41) is 0. The van der Waals surface area contributed by atoms with Crippen molar-refractivity contribution in [1.82, 2.24) is 9.55 Å². The molecule has 1 aliphatic rings. The number of esters is 1. The summed E-state index contributed by atoms with van der Waals surface area (Å²) in [6, 6.07) is 1.55. The van der Waals surface area contributed by atoms with Gasteiger partial charge in [0.15, 0.2) is 0 Å². The lowest BCUT2D eigenvalue weighted by molar-refractivity contribution is -0.145. The molecule has 0 saturated carbocycles. The first-order valence-corrected chi connectivity index (χ1v) is 5.70. The average Bonchev–Trinajstić information content (AvgIpc) is 2.75. The standard InChI is InChI=1S/C11H15N3O4/c1-7(15)17-6-8-2-3-10(18-8)14-5-4-9(12)13-11(14)16/h4-5,8,10H,2-3,6H2,1H3,(H2,12,13,16). The van der Waals surface area contributed by atoms with E-state index in [1.807, 2.05) is 0 Å². The highest BCUT2D eigenvalue weighted by atomic mass is 16.6. The molecule has 1 aromatic rings. The van der Waals surface area contributed by atoms with E-state index in [0.29, 0.717) is 6.42 Å². The Hall–Kier alpha value is -1.89. The summed E-state index contributed by atoms with van der Waals surface area (Å²) in [6.45, 7) is 1.56. The molecule has 1 saturated heterocycles. The summed E-state index contributed by atoms with van der Waals surface area (Å²) < 4.78 is 11.9. The molecule has 2 heterocycles. The van der Waals surface area contributed by atoms with Gasteiger partial charge in [0.2, 0.25) is 0 Å². The Kier molecular flexibility index (Phi) is 3.61. The number of rotatable bonds is 3. The van der Waals surface area contributed by atoms with Crippen molar-refractivity contribution in [3.8, 4) is 0 Å². The van der Waals surface area contributed by atoms with E-state index in [9.17, 15) is 9.59 Å². The summed E-state index contributed by atoms with van der Waals surface area (Å²) in [4.78, 5) is 25.9. The van der Waals surface area contributed by atoms with E-state index in [-0.39, 0.29) is 30.7 Å². The van der Waals surface area contributed by atoms with Crippen molar-refractivity contribution in [1.29, 1.82) is 0 Å². The first kappa shape index (κ1) is 12.6. The molecular formula is C11H15N3O4. The molecular weight excluding hydrogens is 238 g/mol. The number of hydrogen-bond acceptors (Lipinski definition) is 6. The van der Waals surface area contributed by atoms with Crippen molar-refractivity contribution in [3.05, 3.63) is 22.7 Å². The van der Waals surface area contributed by atoms with Crippen LogP contribution < -0.4 is 11.4 Å². The number of aromatic nitrogens is 2. The van der Waals surface area contributed by atoms with Crippen LogP contribution in [0, 0.1) is 0 Å². The minimum absolute atomic E-state index is 0.177. The molecule has 0 aliphatic carbocycles. The highest BCUT2D eigenvalue weighted by Gasteiger charge is 2.28. The minimum Gasteiger partial charge on any atom is -0.463 e. The molecule has 1 fully saturated rings. The largest absolute Gasteiger partial charge is 0.463 e. The molecule has 0 radical (unpaired) electrons. The summed E-state index contributed by atoms with van der Waals surface area (Å²) in [5.41, 5.74) is 4.97. The fourth-order valence-corrected chi connectivity index (χ4v) is 1.87. The molecule has 98 valence electrons. The second kappa shape index (κ2) is 5.18. The van der Waals surface area contributed by atoms with Crippen LogP contribution in [0.3, 0.4) is 0 Å². The van der Waals surface area contributed by atoms with Crippen LogP contribution in [0.15, 0.2) is 17.1 Å². The molecule has 7 heteroatoms. The summed E-state index contributed by atoms with van der Waals surface area (Å²) in [7, 11) is 0. The van der Waals surface area contributed by atoms with Gasteiger partial charge in [-0.2, -0.15) is 4.98 Å². The monoisotopic (exact) mass is 253 g/mol. The quantitative estimate of drug-likeness (QED) is 0.765. The maximum atomic E-state index is 11.6. The molecule has 7 nitrogen and oxygen atoms in total. The van der Waals surface area contributed by atoms with Gasteiger partial charge in [0.1, 0.15) is 18.7 Å². The van der Waals surface area contributed by atoms with E-state index < -0.39 is 5.69 Å². The van der Waals surface area contributed by atoms with Gasteiger partial charge in [0, 0.05) is 13.1 Å². The smallest absolute Gasteiger partial charge is 0.351 e. The van der Waals surface area contributed by atoms with E-state index in [1.54, 1.807) is 12.3 Å². The van der Waals surface area contributed by atoms with E-state index in [4.69, 9.17) is 15.2 Å². The number of anilines is 1. The third kappa shape index (κ3) is 2.86. The second-order valence-corrected chi connectivity index (χ2v) is 4.13. The molecule has 0 spiro atoms. The van der Waals surface area contributed by atoms with Gasteiger partial charge in [-0.1, -0.05) is 0 Å². The van der Waals surface area contributed by atoms with Crippen LogP contribution in [0.2, 0.25) is 0 Å². The molecule has 1 aliphatic heterocycles. The summed E-state index contributed by atoms with van der Waals surface area (Å²) in [6.07, 6.45) is 2.42. The minimum atomic E-state index is -0.437. The van der Waals surface area contributed by atoms with Gasteiger partial charge >= 0.3 is 11.7 Å². The predicted octanol–water partition coefficient (Wildman–Crippen LogP) is 0.0662. The van der Waals surface area contributed by atoms with Crippen molar-refractivity contribution >= 4 is 11.8 Å². The molecule has 0 bridgehead atoms. The topological polar surface area (TPSA) is 96.4 Å². The number of ether oxygens (including phenoxy) is 2. The summed E-state index contributed by atoms with van der Waals surface area (Å²) >= 11 is 0. The Morgan fingerprint density at radius 1 is 1.67 bits per heavy atom. The van der Waals surface area contributed by atoms with Gasteiger partial charge in [0.25, 0.3) is 0 Å². The van der Waals surface area contributed by atoms with E-state index in [0.717, 1.165) is 6.42 Å². The Morgan fingerprint density at radius 3 is 3.11 bits per heavy atom. The first-order chi connectivity index (χ1) is 8.56. The maximum absolute atomic E-state index is 11.6. The SMILES string of the molecule is CC(=O)OCC1CCC(n2ccc(N)nc2=O)O1. The molecule has 0 aromatic carbocycles. The number of hydrogen-bond donors (Lipinski definition) is 1. The fraction of sp³-hybridized carbons (Fsp3) is 0.545. The zero-order valence-corrected chi connectivity index (χ0v) is 10.0. The Labute approximate surface area is 104 Å². The van der Waals surface area contributed by atoms with Crippen molar-refractivity contribution in [3.63, 3.8) is 0 Å². The van der Waals surface area contributed by atoms with E-state index >= 15 is 0 Å². The van der Waals surface area contributed by atoms with Gasteiger partial charge in [-0.3, -0.25) is 9.36 Å². The van der Waals surface area contributed by atoms with Crippen molar-refractivity contribution in [2.75, 3.05) is 12.3 Å². The highest BCUT2D eigenvalue weighted by molar-refractivity contribution is 5.65. The number of carbonyl (C=O) groups excluding carboxylic acids is 1. The lowest BCUT2D eigenvalue weighted by atomic mass is 10.2. The molecule has 2 rings (SSSR count). The zero-order chi connectivity index (χ0) is 13.1. The Bertz CT molecular complexity index is 499. The van der Waals surface area contributed by atoms with E-state index in [1.165, 1.54) is 11.5 Å². The average molecular weight is 253 g/mol. The van der Waals surface area contributed by atoms with Gasteiger partial charge in [-0.25, -0.2) is 4.79 Å². The van der Waals surface area contributed by atoms with Crippen LogP contribution in [-0.2, 0) is 14.3 Å². The third-order valence-electron chi connectivity index (χ3n) is 2.72. The fourth-order valence-electron chi connectivity index (χ4n) is 1.87. The van der Waals surface area contributed by atoms with Gasteiger partial charge in [0.05, 0.1) is 6.10 Å². The third-order valence-corrected chi connectivity index (χ3v) is 2.72. The lowest BCUT2D eigenvalue weighted by Gasteiger charge is -2.15. The first-order valence-electron chi connectivity index (χ1n) is 5.70. The number of nitrogen functional groups attached to an aromatic ring is 1. The molecule has 2 atom stereocenters. The van der Waals surface area contributed by atoms with Crippen LogP contribution in [0.25, 0.3) is 0 Å². The molecule has 2 unspecified atom stereocenters. The van der Waals surface area contributed by atoms with Crippen molar-refractivity contribution < 1.29 is 14.3 Å². The van der Waals surface area contributed by atoms with Gasteiger partial charge < -0.3 is 15.2 Å². The second-order valence-electron chi connectivity index (χ2n) is 4.13. The maximum Gasteiger partial charge on any atom is 0.351 e. The van der Waals surface area contributed by atoms with E-state index in [2.05, 4.69) is 4.98 Å². The van der Waals surface area contributed by atoms with Crippen LogP contribution in [0.1, 0.15) is 26.0 Å². The van der Waals surface area contributed by atoms with Crippen LogP contribution >= 0.6 is 0 Å². The number of nitrogens with two attached hydrogens (primary N) is 1. The normalized spacial score (nSPS) is 22.9. The lowest BCUT2D eigenvalue weighted by Crippen LogP contribution is -2.28. The summed E-state index contributed by atoms with van der Waals surface area (Å²) in [5.74, 6) is -0.154. The zero-order valence-electron chi connectivity index (χ0n) is 10.0. The van der Waals surface area contributed by atoms with Crippen LogP contribution in [-0.4, -0.2) is 28.2 Å². The predicted molar refractivity (Wildman–Crippen MR) is 62.7 cm³/mol.